The summed E-state index contributed by atoms with van der Waals surface area (Å²) in [7, 11) is 0. The SMILES string of the molecule is CC1(C)C=Cc2c(ccc3c2[N+]([O-])=C2CC[C@@]4(C=C23)NC(=O)[C@@H]2CCCN2C4=O)O1. The Morgan fingerprint density at radius 3 is 2.97 bits per heavy atom. The summed E-state index contributed by atoms with van der Waals surface area (Å²) >= 11 is 0. The largest absolute Gasteiger partial charge is 0.618 e. The van der Waals surface area contributed by atoms with Crippen molar-refractivity contribution in [2.75, 3.05) is 6.54 Å². The van der Waals surface area contributed by atoms with E-state index in [0.717, 1.165) is 27.9 Å². The second-order valence-corrected chi connectivity index (χ2v) is 9.33. The molecule has 1 aliphatic carbocycles. The second-order valence-electron chi connectivity index (χ2n) is 9.33. The van der Waals surface area contributed by atoms with Crippen LogP contribution < -0.4 is 10.1 Å². The number of nitrogens with zero attached hydrogens (tertiary/aromatic N) is 2. The predicted molar refractivity (Wildman–Crippen MR) is 111 cm³/mol. The molecular weight excluding hydrogens is 382 g/mol. The first kappa shape index (κ1) is 17.7. The van der Waals surface area contributed by atoms with Crippen molar-refractivity contribution in [2.24, 2.45) is 0 Å². The Labute approximate surface area is 174 Å². The number of hydrogen-bond acceptors (Lipinski definition) is 4. The van der Waals surface area contributed by atoms with Crippen LogP contribution in [-0.2, 0) is 9.59 Å². The Morgan fingerprint density at radius 2 is 2.13 bits per heavy atom. The molecule has 4 heterocycles. The average Bonchev–Trinajstić information content (AvgIpc) is 3.30. The van der Waals surface area contributed by atoms with Gasteiger partial charge in [-0.15, -0.1) is 0 Å². The highest BCUT2D eigenvalue weighted by Crippen LogP contribution is 2.48. The molecule has 1 spiro atoms. The Hall–Kier alpha value is -3.09. The molecule has 7 heteroatoms. The number of carbonyl (C=O) groups excluding carboxylic acids is 2. The quantitative estimate of drug-likeness (QED) is 0.531. The fourth-order valence-electron chi connectivity index (χ4n) is 5.47. The molecule has 5 aliphatic rings. The van der Waals surface area contributed by atoms with E-state index in [1.165, 1.54) is 0 Å². The van der Waals surface area contributed by atoms with Gasteiger partial charge in [0.1, 0.15) is 22.9 Å². The van der Waals surface area contributed by atoms with Crippen LogP contribution in [0.25, 0.3) is 11.6 Å². The molecule has 154 valence electrons. The third-order valence-corrected chi connectivity index (χ3v) is 6.94. The molecule has 1 aromatic carbocycles. The van der Waals surface area contributed by atoms with Crippen LogP contribution in [0.4, 0.5) is 5.69 Å². The van der Waals surface area contributed by atoms with Crippen LogP contribution in [0.1, 0.15) is 50.7 Å². The zero-order valence-corrected chi connectivity index (χ0v) is 17.0. The summed E-state index contributed by atoms with van der Waals surface area (Å²) in [5, 5.41) is 16.2. The number of carbonyl (C=O) groups is 2. The average molecular weight is 405 g/mol. The lowest BCUT2D eigenvalue weighted by molar-refractivity contribution is -0.358. The maximum absolute atomic E-state index is 13.4. The number of benzene rings is 1. The minimum atomic E-state index is -1.07. The summed E-state index contributed by atoms with van der Waals surface area (Å²) in [5.41, 5.74) is 2.01. The van der Waals surface area contributed by atoms with E-state index in [-0.39, 0.29) is 17.9 Å². The van der Waals surface area contributed by atoms with Gasteiger partial charge in [0.05, 0.1) is 16.7 Å². The van der Waals surface area contributed by atoms with E-state index < -0.39 is 11.1 Å². The van der Waals surface area contributed by atoms with Gasteiger partial charge in [-0.2, -0.15) is 4.74 Å². The number of hydrogen-bond donors (Lipinski definition) is 1. The van der Waals surface area contributed by atoms with E-state index in [1.54, 1.807) is 4.90 Å². The third kappa shape index (κ3) is 2.18. The summed E-state index contributed by atoms with van der Waals surface area (Å²) in [6, 6.07) is 3.42. The van der Waals surface area contributed by atoms with Crippen LogP contribution in [0.3, 0.4) is 0 Å². The van der Waals surface area contributed by atoms with Gasteiger partial charge in [0.2, 0.25) is 17.3 Å². The lowest BCUT2D eigenvalue weighted by Crippen LogP contribution is -2.68. The number of rotatable bonds is 0. The molecular formula is C23H23N3O4. The van der Waals surface area contributed by atoms with Gasteiger partial charge >= 0.3 is 0 Å². The standard InChI is InChI=1S/C23H23N3O4/c1-22(2)9-7-14-18(30-22)6-5-13-15-12-23(10-8-16(15)26(29)19(13)14)21(28)25-11-3-4-17(25)20(27)24-23/h5-7,9,12,17H,3-4,8,10-11H2,1-2H3,(H,24,27)/t17-,23-/m0/s1. The fraction of sp³-hybridized carbons (Fsp3) is 0.435. The summed E-state index contributed by atoms with van der Waals surface area (Å²) < 4.78 is 7.01. The zero-order valence-electron chi connectivity index (χ0n) is 17.0. The Morgan fingerprint density at radius 1 is 1.30 bits per heavy atom. The third-order valence-electron chi connectivity index (χ3n) is 6.94. The number of piperazine rings is 1. The molecule has 4 aliphatic heterocycles. The van der Waals surface area contributed by atoms with Crippen LogP contribution in [-0.4, -0.2) is 50.9 Å². The Bertz CT molecular complexity index is 1130. The van der Waals surface area contributed by atoms with Crippen molar-refractivity contribution >= 4 is 34.9 Å². The topological polar surface area (TPSA) is 84.7 Å². The molecule has 7 nitrogen and oxygen atoms in total. The van der Waals surface area contributed by atoms with Crippen LogP contribution in [0.2, 0.25) is 0 Å². The maximum Gasteiger partial charge on any atom is 0.253 e. The summed E-state index contributed by atoms with van der Waals surface area (Å²) in [6.07, 6.45) is 8.10. The number of amides is 2. The molecule has 1 aromatic rings. The highest BCUT2D eigenvalue weighted by atomic mass is 16.5. The lowest BCUT2D eigenvalue weighted by atomic mass is 9.78. The van der Waals surface area contributed by atoms with E-state index >= 15 is 0 Å². The van der Waals surface area contributed by atoms with Crippen molar-refractivity contribution in [3.8, 4) is 5.75 Å². The van der Waals surface area contributed by atoms with Gasteiger partial charge in [0, 0.05) is 13.0 Å². The normalized spacial score (nSPS) is 30.4. The van der Waals surface area contributed by atoms with Gasteiger partial charge in [-0.25, -0.2) is 0 Å². The number of ether oxygens (including phenoxy) is 1. The van der Waals surface area contributed by atoms with Crippen molar-refractivity contribution in [1.29, 1.82) is 0 Å². The van der Waals surface area contributed by atoms with E-state index in [4.69, 9.17) is 4.74 Å². The fourth-order valence-corrected chi connectivity index (χ4v) is 5.47. The number of nitrogens with one attached hydrogen (secondary N) is 1. The molecule has 0 saturated carbocycles. The van der Waals surface area contributed by atoms with Gasteiger partial charge in [0.15, 0.2) is 0 Å². The van der Waals surface area contributed by atoms with Gasteiger partial charge in [-0.05, 0) is 63.5 Å². The molecule has 1 N–H and O–H groups in total. The summed E-state index contributed by atoms with van der Waals surface area (Å²) in [5.74, 6) is 0.539. The van der Waals surface area contributed by atoms with Crippen LogP contribution >= 0.6 is 0 Å². The molecule has 2 atom stereocenters. The van der Waals surface area contributed by atoms with Gasteiger partial charge in [0.25, 0.3) is 5.91 Å². The second kappa shape index (κ2) is 5.53. The predicted octanol–water partition coefficient (Wildman–Crippen LogP) is 2.50. The molecule has 2 saturated heterocycles. The highest BCUT2D eigenvalue weighted by Gasteiger charge is 2.54. The van der Waals surface area contributed by atoms with Crippen molar-refractivity contribution in [3.05, 3.63) is 40.6 Å². The number of allylic oxidation sites excluding steroid dienone is 1. The highest BCUT2D eigenvalue weighted by molar-refractivity contribution is 6.27. The van der Waals surface area contributed by atoms with Crippen molar-refractivity contribution in [1.82, 2.24) is 10.2 Å². The molecule has 0 unspecified atom stereocenters. The van der Waals surface area contributed by atoms with E-state index in [9.17, 15) is 14.8 Å². The van der Waals surface area contributed by atoms with Crippen LogP contribution in [0.5, 0.6) is 5.75 Å². The number of fused-ring (bicyclic) bond motifs is 6. The maximum atomic E-state index is 13.4. The van der Waals surface area contributed by atoms with Crippen LogP contribution in [0.15, 0.2) is 24.3 Å². The van der Waals surface area contributed by atoms with Crippen LogP contribution in [0, 0.1) is 5.21 Å². The first-order valence-corrected chi connectivity index (χ1v) is 10.5. The van der Waals surface area contributed by atoms with Gasteiger partial charge in [-0.3, -0.25) is 9.59 Å². The lowest BCUT2D eigenvalue weighted by Gasteiger charge is -2.43. The van der Waals surface area contributed by atoms with E-state index in [1.807, 2.05) is 44.2 Å². The van der Waals surface area contributed by atoms with E-state index in [2.05, 4.69) is 5.32 Å². The molecule has 6 rings (SSSR count). The molecule has 2 amide bonds. The summed E-state index contributed by atoms with van der Waals surface area (Å²) in [6.45, 7) is 4.56. The Kier molecular flexibility index (Phi) is 3.27. The summed E-state index contributed by atoms with van der Waals surface area (Å²) in [4.78, 5) is 27.8. The molecule has 0 radical (unpaired) electrons. The minimum Gasteiger partial charge on any atom is -0.618 e. The first-order valence-electron chi connectivity index (χ1n) is 10.5. The molecule has 0 bridgehead atoms. The van der Waals surface area contributed by atoms with Gasteiger partial charge < -0.3 is 20.2 Å². The Balaban J connectivity index is 1.49. The van der Waals surface area contributed by atoms with Crippen molar-refractivity contribution < 1.29 is 19.1 Å². The molecule has 0 aromatic heterocycles. The van der Waals surface area contributed by atoms with Crippen molar-refractivity contribution in [2.45, 2.75) is 56.7 Å². The minimum absolute atomic E-state index is 0.0509. The van der Waals surface area contributed by atoms with Gasteiger partial charge in [-0.1, -0.05) is 0 Å². The molecule has 2 fully saturated rings. The first-order chi connectivity index (χ1) is 14.3. The van der Waals surface area contributed by atoms with E-state index in [0.29, 0.717) is 43.0 Å². The monoisotopic (exact) mass is 405 g/mol. The molecule has 30 heavy (non-hydrogen) atoms. The zero-order chi connectivity index (χ0) is 20.8. The van der Waals surface area contributed by atoms with Crippen molar-refractivity contribution in [3.63, 3.8) is 0 Å². The smallest absolute Gasteiger partial charge is 0.253 e.